The van der Waals surface area contributed by atoms with Gasteiger partial charge in [-0.1, -0.05) is 31.9 Å². The topological polar surface area (TPSA) is 49.0 Å². The highest BCUT2D eigenvalue weighted by Crippen LogP contribution is 2.28. The Labute approximate surface area is 125 Å². The zero-order valence-electron chi connectivity index (χ0n) is 12.8. The summed E-state index contributed by atoms with van der Waals surface area (Å²) < 4.78 is 0. The smallest absolute Gasteiger partial charge is 0.289 e. The van der Waals surface area contributed by atoms with Gasteiger partial charge in [-0.3, -0.25) is 4.79 Å². The highest BCUT2D eigenvalue weighted by Gasteiger charge is 2.29. The molecular formula is C17H23N3O. The van der Waals surface area contributed by atoms with E-state index in [1.54, 1.807) is 0 Å². The number of imidazole rings is 1. The number of nitrogens with one attached hydrogen (secondary N) is 1. The number of H-pyrrole nitrogens is 1. The third-order valence-corrected chi connectivity index (χ3v) is 4.54. The molecule has 2 atom stereocenters. The molecule has 112 valence electrons. The van der Waals surface area contributed by atoms with Crippen LogP contribution in [0.25, 0.3) is 11.0 Å². The first-order valence-electron chi connectivity index (χ1n) is 7.94. The number of benzene rings is 1. The van der Waals surface area contributed by atoms with Crippen molar-refractivity contribution in [1.29, 1.82) is 0 Å². The van der Waals surface area contributed by atoms with E-state index in [0.717, 1.165) is 30.4 Å². The lowest BCUT2D eigenvalue weighted by Gasteiger charge is -2.35. The van der Waals surface area contributed by atoms with Crippen LogP contribution in [-0.2, 0) is 0 Å². The number of hydrogen-bond donors (Lipinski definition) is 1. The first-order valence-corrected chi connectivity index (χ1v) is 7.94. The molecule has 1 aromatic carbocycles. The Morgan fingerprint density at radius 2 is 2.19 bits per heavy atom. The Balaban J connectivity index is 1.84. The minimum atomic E-state index is 0.0350. The van der Waals surface area contributed by atoms with Crippen LogP contribution in [-0.4, -0.2) is 33.4 Å². The van der Waals surface area contributed by atoms with E-state index in [4.69, 9.17) is 0 Å². The van der Waals surface area contributed by atoms with Crippen molar-refractivity contribution in [3.05, 3.63) is 30.1 Å². The third-order valence-electron chi connectivity index (χ3n) is 4.54. The lowest BCUT2D eigenvalue weighted by atomic mass is 9.86. The summed E-state index contributed by atoms with van der Waals surface area (Å²) in [5.74, 6) is 1.21. The lowest BCUT2D eigenvalue weighted by molar-refractivity contribution is 0.0609. The first-order chi connectivity index (χ1) is 10.2. The SMILES string of the molecule is CCN(C(=O)c1nc2ccccc2[nH]1)[C@H]1CCC[C@@H](C)C1. The van der Waals surface area contributed by atoms with Crippen LogP contribution in [0.15, 0.2) is 24.3 Å². The fraction of sp³-hybridized carbons (Fsp3) is 0.529. The standard InChI is InChI=1S/C17H23N3O/c1-3-20(13-8-6-7-12(2)11-13)17(21)16-18-14-9-4-5-10-15(14)19-16/h4-5,9-10,12-13H,3,6-8,11H2,1-2H3,(H,18,19)/t12-,13+/m1/s1. The van der Waals surface area contributed by atoms with Gasteiger partial charge in [0.2, 0.25) is 0 Å². The number of nitrogens with zero attached hydrogens (tertiary/aromatic N) is 2. The van der Waals surface area contributed by atoms with Crippen molar-refractivity contribution in [2.45, 2.75) is 45.6 Å². The van der Waals surface area contributed by atoms with Gasteiger partial charge < -0.3 is 9.88 Å². The molecule has 1 heterocycles. The molecule has 1 amide bonds. The second kappa shape index (κ2) is 5.88. The maximum absolute atomic E-state index is 12.8. The molecular weight excluding hydrogens is 262 g/mol. The van der Waals surface area contributed by atoms with Gasteiger partial charge in [-0.05, 0) is 37.8 Å². The van der Waals surface area contributed by atoms with Gasteiger partial charge in [0, 0.05) is 12.6 Å². The highest BCUT2D eigenvalue weighted by molar-refractivity contribution is 5.94. The summed E-state index contributed by atoms with van der Waals surface area (Å²) in [6.45, 7) is 5.08. The van der Waals surface area contributed by atoms with E-state index < -0.39 is 0 Å². The van der Waals surface area contributed by atoms with Gasteiger partial charge in [-0.2, -0.15) is 0 Å². The Morgan fingerprint density at radius 1 is 1.38 bits per heavy atom. The Kier molecular flexibility index (Phi) is 3.95. The number of amides is 1. The largest absolute Gasteiger partial charge is 0.334 e. The molecule has 2 aromatic rings. The molecule has 1 aromatic heterocycles. The first kappa shape index (κ1) is 14.1. The number of hydrogen-bond acceptors (Lipinski definition) is 2. The average molecular weight is 285 g/mol. The summed E-state index contributed by atoms with van der Waals surface area (Å²) >= 11 is 0. The van der Waals surface area contributed by atoms with Gasteiger partial charge >= 0.3 is 0 Å². The molecule has 1 saturated carbocycles. The molecule has 1 fully saturated rings. The van der Waals surface area contributed by atoms with Crippen LogP contribution >= 0.6 is 0 Å². The molecule has 4 heteroatoms. The Bertz CT molecular complexity index is 601. The number of para-hydroxylation sites is 2. The highest BCUT2D eigenvalue weighted by atomic mass is 16.2. The van der Waals surface area contributed by atoms with Crippen molar-refractivity contribution >= 4 is 16.9 Å². The number of carbonyl (C=O) groups excluding carboxylic acids is 1. The fourth-order valence-electron chi connectivity index (χ4n) is 3.44. The van der Waals surface area contributed by atoms with Crippen LogP contribution in [0.4, 0.5) is 0 Å². The van der Waals surface area contributed by atoms with E-state index in [2.05, 4.69) is 23.8 Å². The van der Waals surface area contributed by atoms with Crippen molar-refractivity contribution in [3.63, 3.8) is 0 Å². The summed E-state index contributed by atoms with van der Waals surface area (Å²) in [7, 11) is 0. The molecule has 0 unspecified atom stereocenters. The molecule has 0 radical (unpaired) electrons. The summed E-state index contributed by atoms with van der Waals surface area (Å²) in [4.78, 5) is 22.4. The molecule has 3 rings (SSSR count). The molecule has 1 aliphatic carbocycles. The van der Waals surface area contributed by atoms with Crippen LogP contribution in [0, 0.1) is 5.92 Å². The van der Waals surface area contributed by atoms with E-state index in [1.165, 1.54) is 12.8 Å². The average Bonchev–Trinajstić information content (AvgIpc) is 2.92. The number of aromatic amines is 1. The van der Waals surface area contributed by atoms with Crippen molar-refractivity contribution in [2.75, 3.05) is 6.54 Å². The van der Waals surface area contributed by atoms with Crippen LogP contribution < -0.4 is 0 Å². The maximum atomic E-state index is 12.8. The fourth-order valence-corrected chi connectivity index (χ4v) is 3.44. The molecule has 0 spiro atoms. The van der Waals surface area contributed by atoms with Crippen LogP contribution in [0.3, 0.4) is 0 Å². The van der Waals surface area contributed by atoms with E-state index >= 15 is 0 Å². The van der Waals surface area contributed by atoms with Crippen LogP contribution in [0.5, 0.6) is 0 Å². The number of carbonyl (C=O) groups is 1. The Hall–Kier alpha value is -1.84. The molecule has 0 saturated heterocycles. The van der Waals surface area contributed by atoms with E-state index in [-0.39, 0.29) is 5.91 Å². The molecule has 0 bridgehead atoms. The summed E-state index contributed by atoms with van der Waals surface area (Å²) in [5, 5.41) is 0. The Morgan fingerprint density at radius 3 is 2.90 bits per heavy atom. The quantitative estimate of drug-likeness (QED) is 0.936. The second-order valence-electron chi connectivity index (χ2n) is 6.12. The zero-order chi connectivity index (χ0) is 14.8. The van der Waals surface area contributed by atoms with Gasteiger partial charge in [0.1, 0.15) is 0 Å². The summed E-state index contributed by atoms with van der Waals surface area (Å²) in [6, 6.07) is 8.15. The number of rotatable bonds is 3. The van der Waals surface area contributed by atoms with Crippen LogP contribution in [0.2, 0.25) is 0 Å². The minimum Gasteiger partial charge on any atom is -0.334 e. The second-order valence-corrected chi connectivity index (χ2v) is 6.12. The zero-order valence-corrected chi connectivity index (χ0v) is 12.8. The summed E-state index contributed by atoms with van der Waals surface area (Å²) in [6.07, 6.45) is 4.73. The minimum absolute atomic E-state index is 0.0350. The number of fused-ring (bicyclic) bond motifs is 1. The van der Waals surface area contributed by atoms with Gasteiger partial charge in [-0.25, -0.2) is 4.98 Å². The normalized spacial score (nSPS) is 22.4. The van der Waals surface area contributed by atoms with Gasteiger partial charge in [0.15, 0.2) is 5.82 Å². The molecule has 1 aliphatic rings. The maximum Gasteiger partial charge on any atom is 0.289 e. The molecule has 1 N–H and O–H groups in total. The lowest BCUT2D eigenvalue weighted by Crippen LogP contribution is -2.43. The molecule has 21 heavy (non-hydrogen) atoms. The van der Waals surface area contributed by atoms with Gasteiger partial charge in [-0.15, -0.1) is 0 Å². The third kappa shape index (κ3) is 2.80. The monoisotopic (exact) mass is 285 g/mol. The molecule has 0 aliphatic heterocycles. The predicted molar refractivity (Wildman–Crippen MR) is 84.2 cm³/mol. The van der Waals surface area contributed by atoms with E-state index in [1.807, 2.05) is 29.2 Å². The van der Waals surface area contributed by atoms with Crippen LogP contribution in [0.1, 0.15) is 50.1 Å². The van der Waals surface area contributed by atoms with Gasteiger partial charge in [0.25, 0.3) is 5.91 Å². The van der Waals surface area contributed by atoms with E-state index in [9.17, 15) is 4.79 Å². The number of aromatic nitrogens is 2. The van der Waals surface area contributed by atoms with Crippen molar-refractivity contribution in [3.8, 4) is 0 Å². The van der Waals surface area contributed by atoms with Crippen molar-refractivity contribution in [1.82, 2.24) is 14.9 Å². The van der Waals surface area contributed by atoms with Crippen molar-refractivity contribution < 1.29 is 4.79 Å². The summed E-state index contributed by atoms with van der Waals surface area (Å²) in [5.41, 5.74) is 1.78. The van der Waals surface area contributed by atoms with Crippen molar-refractivity contribution in [2.24, 2.45) is 5.92 Å². The van der Waals surface area contributed by atoms with Gasteiger partial charge in [0.05, 0.1) is 11.0 Å². The molecule has 4 nitrogen and oxygen atoms in total. The van der Waals surface area contributed by atoms with E-state index in [0.29, 0.717) is 17.8 Å². The predicted octanol–water partition coefficient (Wildman–Crippen LogP) is 3.60.